The minimum absolute atomic E-state index is 0.331. The second kappa shape index (κ2) is 16.9. The zero-order valence-electron chi connectivity index (χ0n) is 28.6. The molecule has 0 bridgehead atoms. The number of fused-ring (bicyclic) bond motifs is 3. The number of anilines is 7. The molecule has 0 saturated carbocycles. The topological polar surface area (TPSA) is 168 Å². The van der Waals surface area contributed by atoms with Crippen LogP contribution in [-0.4, -0.2) is 6.04 Å². The van der Waals surface area contributed by atoms with Gasteiger partial charge >= 0.3 is 6.18 Å². The monoisotopic (exact) mass is 691 g/mol. The maximum atomic E-state index is 11.9. The van der Waals surface area contributed by atoms with Crippen LogP contribution < -0.4 is 39.7 Å². The molecule has 0 fully saturated rings. The Balaban J connectivity index is 0.000000154. The lowest BCUT2D eigenvalue weighted by Crippen LogP contribution is -2.13. The van der Waals surface area contributed by atoms with Gasteiger partial charge in [0.1, 0.15) is 0 Å². The lowest BCUT2D eigenvalue weighted by atomic mass is 10.1. The van der Waals surface area contributed by atoms with Gasteiger partial charge in [-0.2, -0.15) is 13.2 Å². The van der Waals surface area contributed by atoms with E-state index in [2.05, 4.69) is 37.4 Å². The van der Waals surface area contributed by atoms with Crippen LogP contribution in [0.5, 0.6) is 0 Å². The molecule has 0 radical (unpaired) electrons. The van der Waals surface area contributed by atoms with Crippen molar-refractivity contribution in [3.8, 4) is 0 Å². The highest BCUT2D eigenvalue weighted by molar-refractivity contribution is 6.02. The van der Waals surface area contributed by atoms with Crippen LogP contribution >= 0.6 is 0 Å². The molecule has 0 aliphatic heterocycles. The molecule has 264 valence electrons. The van der Waals surface area contributed by atoms with Crippen molar-refractivity contribution in [1.82, 2.24) is 0 Å². The molecule has 7 nitrogen and oxygen atoms in total. The fourth-order valence-corrected chi connectivity index (χ4v) is 5.18. The van der Waals surface area contributed by atoms with Crippen molar-refractivity contribution < 1.29 is 13.2 Å². The number of nitrogens with two attached hydrogens (primary N) is 6. The van der Waals surface area contributed by atoms with E-state index in [1.807, 2.05) is 91.0 Å². The fraction of sp³-hybridized carbons (Fsp3) is 0.122. The number of halogens is 3. The first-order chi connectivity index (χ1) is 24.3. The maximum absolute atomic E-state index is 11.9. The SMILES string of the molecule is CCC(C)Nc1ccc(N)c2ccccc12.Nc1ccc(C(F)(F)F)cc1.Nc1ccc(N)c2ccccc12.Nc1ccc(N)c2ccccc12. The first-order valence-corrected chi connectivity index (χ1v) is 16.3. The van der Waals surface area contributed by atoms with Gasteiger partial charge in [-0.1, -0.05) is 79.7 Å². The number of nitrogens with one attached hydrogen (secondary N) is 1. The Kier molecular flexibility index (Phi) is 12.4. The van der Waals surface area contributed by atoms with Gasteiger partial charge in [-0.05, 0) is 74.0 Å². The van der Waals surface area contributed by atoms with E-state index in [1.165, 1.54) is 23.2 Å². The molecule has 0 amide bonds. The lowest BCUT2D eigenvalue weighted by molar-refractivity contribution is -0.137. The van der Waals surface area contributed by atoms with Crippen LogP contribution in [0.25, 0.3) is 32.3 Å². The van der Waals surface area contributed by atoms with Crippen molar-refractivity contribution in [3.05, 3.63) is 139 Å². The zero-order valence-corrected chi connectivity index (χ0v) is 28.6. The van der Waals surface area contributed by atoms with Gasteiger partial charge < -0.3 is 39.7 Å². The van der Waals surface area contributed by atoms with Crippen molar-refractivity contribution in [2.75, 3.05) is 39.7 Å². The molecule has 0 saturated heterocycles. The summed E-state index contributed by atoms with van der Waals surface area (Å²) in [5.41, 5.74) is 39.0. The third-order valence-corrected chi connectivity index (χ3v) is 8.19. The summed E-state index contributed by atoms with van der Waals surface area (Å²) in [6, 6.07) is 40.1. The van der Waals surface area contributed by atoms with Crippen LogP contribution in [0.3, 0.4) is 0 Å². The summed E-state index contributed by atoms with van der Waals surface area (Å²) < 4.78 is 35.6. The Morgan fingerprint density at radius 1 is 0.471 bits per heavy atom. The van der Waals surface area contributed by atoms with Crippen LogP contribution in [0.1, 0.15) is 25.8 Å². The summed E-state index contributed by atoms with van der Waals surface area (Å²) in [6.45, 7) is 4.36. The quantitative estimate of drug-likeness (QED) is 0.0905. The summed E-state index contributed by atoms with van der Waals surface area (Å²) in [6.07, 6.45) is -3.16. The molecule has 0 spiro atoms. The molecular weight excluding hydrogens is 647 g/mol. The molecule has 7 aromatic carbocycles. The van der Waals surface area contributed by atoms with E-state index in [4.69, 9.17) is 34.4 Å². The van der Waals surface area contributed by atoms with Crippen molar-refractivity contribution in [1.29, 1.82) is 0 Å². The standard InChI is InChI=1S/C14H18N2.2C10H10N2.C7H6F3N/c1-3-10(2)16-14-9-8-13(15)11-6-4-5-7-12(11)14;2*11-9-5-6-10(12)8-4-2-1-3-7(8)9;8-7(9,10)5-1-3-6(11)4-2-5/h4-10,16H,3,15H2,1-2H3;2*1-6H,11-12H2;1-4H,11H2. The number of nitrogen functional groups attached to an aromatic ring is 6. The molecular formula is C41H44F3N7. The zero-order chi connectivity index (χ0) is 37.1. The third kappa shape index (κ3) is 9.88. The van der Waals surface area contributed by atoms with E-state index < -0.39 is 11.7 Å². The van der Waals surface area contributed by atoms with Gasteiger partial charge in [0.25, 0.3) is 0 Å². The highest BCUT2D eigenvalue weighted by Gasteiger charge is 2.29. The Morgan fingerprint density at radius 3 is 1.12 bits per heavy atom. The molecule has 0 heterocycles. The van der Waals surface area contributed by atoms with Gasteiger partial charge in [0, 0.05) is 78.2 Å². The number of hydrogen-bond acceptors (Lipinski definition) is 7. The number of alkyl halides is 3. The first-order valence-electron chi connectivity index (χ1n) is 16.3. The van der Waals surface area contributed by atoms with Crippen LogP contribution in [0.15, 0.2) is 133 Å². The van der Waals surface area contributed by atoms with Gasteiger partial charge in [0.15, 0.2) is 0 Å². The van der Waals surface area contributed by atoms with Gasteiger partial charge in [-0.3, -0.25) is 0 Å². The average Bonchev–Trinajstić information content (AvgIpc) is 3.13. The summed E-state index contributed by atoms with van der Waals surface area (Å²) in [7, 11) is 0. The maximum Gasteiger partial charge on any atom is 0.416 e. The largest absolute Gasteiger partial charge is 0.416 e. The predicted octanol–water partition coefficient (Wildman–Crippen LogP) is 9.93. The van der Waals surface area contributed by atoms with E-state index in [0.717, 1.165) is 73.9 Å². The smallest absolute Gasteiger partial charge is 0.399 e. The Morgan fingerprint density at radius 2 is 0.784 bits per heavy atom. The number of benzene rings is 7. The highest BCUT2D eigenvalue weighted by Crippen LogP contribution is 2.30. The molecule has 13 N–H and O–H groups in total. The lowest BCUT2D eigenvalue weighted by Gasteiger charge is -2.16. The first kappa shape index (κ1) is 37.5. The van der Waals surface area contributed by atoms with Crippen molar-refractivity contribution >= 4 is 72.1 Å². The normalized spacial score (nSPS) is 11.3. The van der Waals surface area contributed by atoms with E-state index in [0.29, 0.717) is 11.7 Å². The minimum Gasteiger partial charge on any atom is -0.399 e. The number of rotatable bonds is 3. The predicted molar refractivity (Wildman–Crippen MR) is 213 cm³/mol. The van der Waals surface area contributed by atoms with Gasteiger partial charge in [-0.15, -0.1) is 0 Å². The van der Waals surface area contributed by atoms with Crippen LogP contribution in [0, 0.1) is 0 Å². The summed E-state index contributed by atoms with van der Waals surface area (Å²) in [4.78, 5) is 0. The van der Waals surface area contributed by atoms with Crippen LogP contribution in [-0.2, 0) is 6.18 Å². The second-order valence-electron chi connectivity index (χ2n) is 11.9. The van der Waals surface area contributed by atoms with Crippen molar-refractivity contribution in [2.24, 2.45) is 0 Å². The Bertz CT molecular complexity index is 2040. The molecule has 7 aromatic rings. The summed E-state index contributed by atoms with van der Waals surface area (Å²) in [5.74, 6) is 0. The molecule has 0 aliphatic rings. The number of hydrogen-bond donors (Lipinski definition) is 7. The molecule has 0 aromatic heterocycles. The molecule has 1 atom stereocenters. The Hall–Kier alpha value is -6.29. The van der Waals surface area contributed by atoms with Crippen molar-refractivity contribution in [2.45, 2.75) is 32.5 Å². The van der Waals surface area contributed by atoms with Gasteiger partial charge in [-0.25, -0.2) is 0 Å². The van der Waals surface area contributed by atoms with E-state index in [9.17, 15) is 13.2 Å². The summed E-state index contributed by atoms with van der Waals surface area (Å²) >= 11 is 0. The van der Waals surface area contributed by atoms with Gasteiger partial charge in [0.05, 0.1) is 5.56 Å². The molecule has 10 heteroatoms. The molecule has 7 rings (SSSR count). The van der Waals surface area contributed by atoms with E-state index in [-0.39, 0.29) is 0 Å². The van der Waals surface area contributed by atoms with E-state index >= 15 is 0 Å². The second-order valence-corrected chi connectivity index (χ2v) is 11.9. The van der Waals surface area contributed by atoms with Crippen molar-refractivity contribution in [3.63, 3.8) is 0 Å². The molecule has 1 unspecified atom stereocenters. The average molecular weight is 692 g/mol. The molecule has 51 heavy (non-hydrogen) atoms. The molecule has 0 aliphatic carbocycles. The van der Waals surface area contributed by atoms with Gasteiger partial charge in [0.2, 0.25) is 0 Å². The minimum atomic E-state index is -4.27. The van der Waals surface area contributed by atoms with Crippen LogP contribution in [0.4, 0.5) is 53.0 Å². The third-order valence-electron chi connectivity index (χ3n) is 8.19. The highest BCUT2D eigenvalue weighted by atomic mass is 19.4. The van der Waals surface area contributed by atoms with Crippen LogP contribution in [0.2, 0.25) is 0 Å². The fourth-order valence-electron chi connectivity index (χ4n) is 5.18. The van der Waals surface area contributed by atoms with E-state index in [1.54, 1.807) is 0 Å². The Labute approximate surface area is 296 Å². The summed E-state index contributed by atoms with van der Waals surface area (Å²) in [5, 5.41) is 9.93.